The van der Waals surface area contributed by atoms with Gasteiger partial charge in [0.2, 0.25) is 11.8 Å². The van der Waals surface area contributed by atoms with Crippen molar-refractivity contribution in [1.29, 1.82) is 0 Å². The number of pyridine rings is 2. The van der Waals surface area contributed by atoms with Crippen LogP contribution in [0, 0.1) is 25.7 Å². The number of esters is 2. The molecule has 2 aliphatic carbocycles. The lowest BCUT2D eigenvalue weighted by atomic mass is 9.84. The van der Waals surface area contributed by atoms with Crippen LogP contribution in [0.25, 0.3) is 53.6 Å². The molecule has 26 heteroatoms. The second-order valence-electron chi connectivity index (χ2n) is 37.3. The molecule has 4 aliphatic heterocycles. The average molecular weight is 1790 g/mol. The number of nitrogens with one attached hydrogen (secondary N) is 3. The number of aldehydes is 1. The van der Waals surface area contributed by atoms with Crippen molar-refractivity contribution < 1.29 is 57.2 Å². The van der Waals surface area contributed by atoms with Gasteiger partial charge in [-0.25, -0.2) is 29.5 Å². The number of carbonyl (C=O) groups is 7. The number of benzene rings is 7. The van der Waals surface area contributed by atoms with Gasteiger partial charge in [0.15, 0.2) is 21.7 Å². The number of imide groups is 1. The first kappa shape index (κ1) is 89.7. The van der Waals surface area contributed by atoms with E-state index in [1.165, 1.54) is 35.5 Å². The van der Waals surface area contributed by atoms with Gasteiger partial charge in [-0.1, -0.05) is 108 Å². The van der Waals surface area contributed by atoms with Gasteiger partial charge in [-0.2, -0.15) is 5.10 Å². The second-order valence-corrected chi connectivity index (χ2v) is 39.4. The monoisotopic (exact) mass is 1790 g/mol. The van der Waals surface area contributed by atoms with Crippen LogP contribution in [0.3, 0.4) is 0 Å². The smallest absolute Gasteiger partial charge is 0.358 e. The van der Waals surface area contributed by atoms with Gasteiger partial charge in [-0.15, -0.1) is 0 Å². The molecule has 24 nitrogen and oxygen atoms in total. The van der Waals surface area contributed by atoms with Gasteiger partial charge in [-0.3, -0.25) is 39.8 Å². The Bertz CT molecular complexity index is 6170. The summed E-state index contributed by atoms with van der Waals surface area (Å²) < 4.78 is 35.7. The number of likely N-dealkylation sites (tertiary alicyclic amines) is 1. The summed E-state index contributed by atoms with van der Waals surface area (Å²) in [6.45, 7) is 20.6. The van der Waals surface area contributed by atoms with E-state index in [1.54, 1.807) is 0 Å². The third kappa shape index (κ3) is 20.8. The number of thiazole rings is 2. The molecule has 2 saturated heterocycles. The maximum Gasteiger partial charge on any atom is 0.358 e. The van der Waals surface area contributed by atoms with Crippen LogP contribution in [0.5, 0.6) is 17.2 Å². The van der Waals surface area contributed by atoms with Crippen LogP contribution < -0.4 is 40.0 Å². The number of para-hydroxylation sites is 3. The number of ether oxygens (including phenoxy) is 5. The highest BCUT2D eigenvalue weighted by molar-refractivity contribution is 7.22. The predicted octanol–water partition coefficient (Wildman–Crippen LogP) is 20.5. The van der Waals surface area contributed by atoms with Gasteiger partial charge < -0.3 is 43.2 Å². The molecule has 0 spiro atoms. The fourth-order valence-electron chi connectivity index (χ4n) is 19.3. The fraction of sp³-hybridized carbons (Fsp3) is 0.404. The highest BCUT2D eigenvalue weighted by Gasteiger charge is 2.36. The van der Waals surface area contributed by atoms with Crippen molar-refractivity contribution in [3.8, 4) is 39.5 Å². The number of nitrogens with zero attached hydrogens (tertiary/aromatic N) is 9. The van der Waals surface area contributed by atoms with Crippen molar-refractivity contribution >= 4 is 118 Å². The van der Waals surface area contributed by atoms with Gasteiger partial charge in [0.25, 0.3) is 11.8 Å². The lowest BCUT2D eigenvalue weighted by Crippen LogP contribution is -2.39. The highest BCUT2D eigenvalue weighted by atomic mass is 32.1. The van der Waals surface area contributed by atoms with Crippen LogP contribution in [0.1, 0.15) is 231 Å². The van der Waals surface area contributed by atoms with E-state index in [4.69, 9.17) is 38.8 Å². The zero-order valence-corrected chi connectivity index (χ0v) is 77.2. The molecule has 0 bridgehead atoms. The minimum Gasteiger partial charge on any atom is -0.490 e. The molecule has 9 heterocycles. The molecular formula is C104H114N12O12S2. The van der Waals surface area contributed by atoms with Gasteiger partial charge in [0.1, 0.15) is 58.0 Å². The number of piperidine rings is 2. The molecule has 1 unspecified atom stereocenters. The number of aryl methyl sites for hydroxylation is 1. The highest BCUT2D eigenvalue weighted by Crippen LogP contribution is 2.43. The summed E-state index contributed by atoms with van der Waals surface area (Å²) in [5.41, 5.74) is 12.6. The number of hydrogen-bond donors (Lipinski definition) is 3. The fourth-order valence-corrected chi connectivity index (χ4v) is 21.0. The largest absolute Gasteiger partial charge is 0.490 e. The van der Waals surface area contributed by atoms with Crippen molar-refractivity contribution in [3.63, 3.8) is 0 Å². The van der Waals surface area contributed by atoms with E-state index in [1.807, 2.05) is 212 Å². The van der Waals surface area contributed by atoms with Crippen LogP contribution >= 0.6 is 22.7 Å². The number of carbonyl (C=O) groups excluding carboxylic acids is 7. The Labute approximate surface area is 766 Å². The predicted molar refractivity (Wildman–Crippen MR) is 510 cm³/mol. The first-order valence-electron chi connectivity index (χ1n) is 46.0. The number of fused-ring (bicyclic) bond motifs is 5. The molecule has 2 saturated carbocycles. The number of amides is 4. The van der Waals surface area contributed by atoms with Gasteiger partial charge in [-0.05, 0) is 300 Å². The minimum atomic E-state index is -0.734. The zero-order valence-electron chi connectivity index (χ0n) is 75.5. The Morgan fingerprint density at radius 3 is 1.46 bits per heavy atom. The average Bonchev–Trinajstić information content (AvgIpc) is 1.64. The Morgan fingerprint density at radius 2 is 0.969 bits per heavy atom. The van der Waals surface area contributed by atoms with Crippen LogP contribution in [-0.4, -0.2) is 139 Å². The van der Waals surface area contributed by atoms with Crippen molar-refractivity contribution in [2.75, 3.05) is 53.2 Å². The van der Waals surface area contributed by atoms with Crippen LogP contribution in [-0.2, 0) is 56.8 Å². The van der Waals surface area contributed by atoms with E-state index in [9.17, 15) is 33.6 Å². The summed E-state index contributed by atoms with van der Waals surface area (Å²) in [4.78, 5) is 117. The van der Waals surface area contributed by atoms with Gasteiger partial charge in [0, 0.05) is 86.8 Å². The van der Waals surface area contributed by atoms with E-state index >= 15 is 0 Å². The Kier molecular flexibility index (Phi) is 27.0. The van der Waals surface area contributed by atoms with Crippen LogP contribution in [0.2, 0.25) is 0 Å². The normalized spacial score (nSPS) is 18.6. The van der Waals surface area contributed by atoms with E-state index in [2.05, 4.69) is 59.7 Å². The van der Waals surface area contributed by atoms with Crippen molar-refractivity contribution in [1.82, 2.24) is 39.9 Å². The lowest BCUT2D eigenvalue weighted by Gasteiger charge is -2.33. The maximum absolute atomic E-state index is 14.1. The molecular weight excluding hydrogens is 1670 g/mol. The standard InChI is InChI=1S/C61H68N8O7S.C43H46N4O5S/c1-37-42(43-25-27-52(63-55(43)59(73)76-61(2,3)4)69-35-29-39-13-8-15-44(47(39)36-69)57(71)65-60-62-48-17-6-7-20-51(48)77-60)14-9-18-49(37)74-40-23-21-38(22-24-40)12-11-32-68-33-30-41(31-34-68)75-50-19-10-16-45-54(66-67(5)56(45)50)46-26-28-53(70)64-58(46)72;1-27-31(12-8-15-36(27)51-30-19-17-28(18-20-30)10-9-25-48)32-21-22-38(45-39(32)41(50)52-43(2,3)4)47-24-23-29-11-7-13-33(34(29)26-47)40(49)46-42-44-35-14-5-6-16-37(35)53-42/h6-10,13-20,25,27,38,40-41,46H,11-12,21-24,26,28-36H2,1-5H3,(H,62,65,71)(H,64,70,72);5-8,11-16,21-22,25,28,30H,9-10,17-20,23-24,26H2,1-4H3,(H,44,46,49). The molecule has 1 atom stereocenters. The topological polar surface area (TPSA) is 281 Å². The van der Waals surface area contributed by atoms with Gasteiger partial charge >= 0.3 is 11.9 Å². The zero-order chi connectivity index (χ0) is 90.5. The summed E-state index contributed by atoms with van der Waals surface area (Å²) in [7, 11) is 1.89. The molecule has 674 valence electrons. The number of rotatable bonds is 24. The molecule has 5 aromatic heterocycles. The van der Waals surface area contributed by atoms with Crippen molar-refractivity contribution in [3.05, 3.63) is 225 Å². The van der Waals surface area contributed by atoms with Crippen LogP contribution in [0.4, 0.5) is 21.9 Å². The molecule has 130 heavy (non-hydrogen) atoms. The Balaban J connectivity index is 0.000000195. The second kappa shape index (κ2) is 39.2. The molecule has 6 aliphatic rings. The molecule has 4 fully saturated rings. The van der Waals surface area contributed by atoms with E-state index in [-0.39, 0.29) is 53.3 Å². The van der Waals surface area contributed by atoms with Crippen molar-refractivity contribution in [2.45, 2.75) is 219 Å². The SMILES string of the molecule is Cc1c(OC2CCC(CCC=O)CC2)cccc1-c1ccc(N2CCc3cccc(C(=O)Nc4nc5ccccc5s4)c3C2)nc1C(=O)OC(C)(C)C.Cc1c(OC2CCC(CCCN3CCC(Oc4cccc5c(C6CCC(=O)NC6=O)nn(C)c45)CC3)CC2)cccc1-c1ccc(N2CCc3cccc(C(=O)Nc4nc5ccccc5s4)c3C2)nc1C(=O)OC(C)(C)C. The Morgan fingerprint density at radius 1 is 0.500 bits per heavy atom. The summed E-state index contributed by atoms with van der Waals surface area (Å²) in [5.74, 6) is 2.56. The third-order valence-corrected chi connectivity index (χ3v) is 27.9. The molecule has 18 rings (SSSR count). The summed E-state index contributed by atoms with van der Waals surface area (Å²) in [6, 6.07) is 53.2. The van der Waals surface area contributed by atoms with E-state index in [0.717, 1.165) is 196 Å². The Hall–Kier alpha value is -12.3. The molecule has 0 radical (unpaired) electrons. The molecule has 7 aromatic carbocycles. The minimum absolute atomic E-state index is 0.105. The van der Waals surface area contributed by atoms with Gasteiger partial charge in [0.05, 0.1) is 44.3 Å². The number of hydrogen-bond acceptors (Lipinski definition) is 22. The molecule has 12 aromatic rings. The van der Waals surface area contributed by atoms with Crippen molar-refractivity contribution in [2.24, 2.45) is 18.9 Å². The first-order chi connectivity index (χ1) is 62.8. The molecule has 3 N–H and O–H groups in total. The summed E-state index contributed by atoms with van der Waals surface area (Å²) in [6.07, 6.45) is 17.7. The van der Waals surface area contributed by atoms with E-state index < -0.39 is 29.1 Å². The molecule has 4 amide bonds. The van der Waals surface area contributed by atoms with Crippen LogP contribution in [0.15, 0.2) is 164 Å². The number of anilines is 4. The third-order valence-electron chi connectivity index (χ3n) is 26.0. The quantitative estimate of drug-likeness (QED) is 0.0288. The summed E-state index contributed by atoms with van der Waals surface area (Å²) in [5, 5.41) is 15.3. The maximum atomic E-state index is 14.1. The number of aromatic nitrogens is 6. The first-order valence-corrected chi connectivity index (χ1v) is 47.6. The van der Waals surface area contributed by atoms with E-state index in [0.29, 0.717) is 114 Å². The lowest BCUT2D eigenvalue weighted by molar-refractivity contribution is -0.134. The summed E-state index contributed by atoms with van der Waals surface area (Å²) >= 11 is 2.90.